The molecule has 0 aliphatic carbocycles. The van der Waals surface area contributed by atoms with Crippen molar-refractivity contribution in [2.24, 2.45) is 5.84 Å². The van der Waals surface area contributed by atoms with Crippen LogP contribution in [0, 0.1) is 0 Å². The fraction of sp³-hybridized carbons (Fsp3) is 0.250. The van der Waals surface area contributed by atoms with Gasteiger partial charge in [-0.05, 0) is 22.0 Å². The number of aromatic nitrogens is 1. The highest BCUT2D eigenvalue weighted by molar-refractivity contribution is 9.10. The van der Waals surface area contributed by atoms with Crippen molar-refractivity contribution >= 4 is 27.7 Å². The third kappa shape index (κ3) is 3.15. The number of hydrazine groups is 2. The molecular weight excluding hydrogens is 262 g/mol. The van der Waals surface area contributed by atoms with Crippen molar-refractivity contribution in [2.45, 2.75) is 0 Å². The van der Waals surface area contributed by atoms with E-state index in [4.69, 9.17) is 5.84 Å². The number of hydrogen-bond acceptors (Lipinski definition) is 5. The molecule has 15 heavy (non-hydrogen) atoms. The minimum absolute atomic E-state index is 0.276. The van der Waals surface area contributed by atoms with Crippen LogP contribution in [0.15, 0.2) is 16.7 Å². The molecule has 0 bridgehead atoms. The minimum Gasteiger partial charge on any atom is -0.308 e. The van der Waals surface area contributed by atoms with Gasteiger partial charge >= 0.3 is 0 Å². The van der Waals surface area contributed by atoms with E-state index in [-0.39, 0.29) is 5.91 Å². The van der Waals surface area contributed by atoms with Crippen molar-refractivity contribution in [1.29, 1.82) is 0 Å². The molecule has 7 heteroatoms. The zero-order valence-electron chi connectivity index (χ0n) is 8.41. The van der Waals surface area contributed by atoms with E-state index >= 15 is 0 Å². The summed E-state index contributed by atoms with van der Waals surface area (Å²) in [5.74, 6) is 5.30. The van der Waals surface area contributed by atoms with Gasteiger partial charge in [0.15, 0.2) is 5.82 Å². The van der Waals surface area contributed by atoms with E-state index in [1.54, 1.807) is 31.4 Å². The maximum absolute atomic E-state index is 11.7. The summed E-state index contributed by atoms with van der Waals surface area (Å²) in [6.45, 7) is 0. The lowest BCUT2D eigenvalue weighted by atomic mass is 10.2. The van der Waals surface area contributed by atoms with Gasteiger partial charge < -0.3 is 5.43 Å². The van der Waals surface area contributed by atoms with Crippen LogP contribution in [0.1, 0.15) is 10.4 Å². The summed E-state index contributed by atoms with van der Waals surface area (Å²) in [5, 5.41) is 1.55. The predicted octanol–water partition coefficient (Wildman–Crippen LogP) is 0.336. The monoisotopic (exact) mass is 273 g/mol. The van der Waals surface area contributed by atoms with Crippen molar-refractivity contribution in [3.8, 4) is 0 Å². The standard InChI is InChI=1S/C8H12BrN5O/c1-14(2)13-8(15)6-3-5(9)4-11-7(6)12-10/h3-4H,10H2,1-2H3,(H,11,12)(H,13,15). The summed E-state index contributed by atoms with van der Waals surface area (Å²) in [5.41, 5.74) is 5.34. The van der Waals surface area contributed by atoms with Crippen molar-refractivity contribution in [3.63, 3.8) is 0 Å². The highest BCUT2D eigenvalue weighted by atomic mass is 79.9. The van der Waals surface area contributed by atoms with Crippen molar-refractivity contribution in [2.75, 3.05) is 19.5 Å². The van der Waals surface area contributed by atoms with Gasteiger partial charge in [-0.2, -0.15) is 0 Å². The van der Waals surface area contributed by atoms with Crippen LogP contribution in [-0.4, -0.2) is 30.0 Å². The Morgan fingerprint density at radius 3 is 2.80 bits per heavy atom. The largest absolute Gasteiger partial charge is 0.308 e. The van der Waals surface area contributed by atoms with Gasteiger partial charge in [-0.25, -0.2) is 15.8 Å². The maximum atomic E-state index is 11.7. The highest BCUT2D eigenvalue weighted by Gasteiger charge is 2.12. The molecule has 0 spiro atoms. The number of hydrogen-bond donors (Lipinski definition) is 3. The van der Waals surface area contributed by atoms with Crippen LogP contribution in [0.25, 0.3) is 0 Å². The first-order valence-electron chi connectivity index (χ1n) is 4.15. The van der Waals surface area contributed by atoms with Gasteiger partial charge in [0.25, 0.3) is 5.91 Å². The van der Waals surface area contributed by atoms with Crippen LogP contribution < -0.4 is 16.7 Å². The number of carbonyl (C=O) groups is 1. The number of nitrogens with two attached hydrogens (primary N) is 1. The molecule has 0 radical (unpaired) electrons. The number of halogens is 1. The van der Waals surface area contributed by atoms with Crippen LogP contribution in [-0.2, 0) is 0 Å². The Hall–Kier alpha value is -1.18. The normalized spacial score (nSPS) is 10.2. The van der Waals surface area contributed by atoms with Crippen molar-refractivity contribution in [3.05, 3.63) is 22.3 Å². The Balaban J connectivity index is 3.00. The zero-order chi connectivity index (χ0) is 11.4. The molecule has 0 saturated carbocycles. The summed E-state index contributed by atoms with van der Waals surface area (Å²) >= 11 is 3.24. The van der Waals surface area contributed by atoms with Crippen LogP contribution in [0.4, 0.5) is 5.82 Å². The zero-order valence-corrected chi connectivity index (χ0v) is 10.00. The Morgan fingerprint density at radius 2 is 2.27 bits per heavy atom. The quantitative estimate of drug-likeness (QED) is 0.546. The first-order valence-corrected chi connectivity index (χ1v) is 4.94. The van der Waals surface area contributed by atoms with Crippen molar-refractivity contribution in [1.82, 2.24) is 15.4 Å². The molecule has 0 aliphatic heterocycles. The Kier molecular flexibility index (Phi) is 4.01. The predicted molar refractivity (Wildman–Crippen MR) is 60.9 cm³/mol. The smallest absolute Gasteiger partial charge is 0.269 e. The van der Waals surface area contributed by atoms with Gasteiger partial charge in [0.05, 0.1) is 5.56 Å². The molecule has 0 unspecified atom stereocenters. The molecule has 1 aromatic heterocycles. The highest BCUT2D eigenvalue weighted by Crippen LogP contribution is 2.16. The van der Waals surface area contributed by atoms with E-state index < -0.39 is 0 Å². The van der Waals surface area contributed by atoms with E-state index in [9.17, 15) is 4.79 Å². The van der Waals surface area contributed by atoms with Crippen molar-refractivity contribution < 1.29 is 4.79 Å². The molecule has 1 heterocycles. The van der Waals surface area contributed by atoms with Gasteiger partial charge in [0, 0.05) is 24.8 Å². The molecule has 4 N–H and O–H groups in total. The van der Waals surface area contributed by atoms with Crippen LogP contribution in [0.2, 0.25) is 0 Å². The lowest BCUT2D eigenvalue weighted by molar-refractivity contribution is 0.0857. The van der Waals surface area contributed by atoms with E-state index in [0.29, 0.717) is 15.9 Å². The molecule has 6 nitrogen and oxygen atoms in total. The minimum atomic E-state index is -0.276. The summed E-state index contributed by atoms with van der Waals surface area (Å²) in [6, 6.07) is 1.64. The molecule has 0 saturated heterocycles. The second-order valence-corrected chi connectivity index (χ2v) is 3.95. The average molecular weight is 274 g/mol. The second-order valence-electron chi connectivity index (χ2n) is 3.03. The number of nitrogens with one attached hydrogen (secondary N) is 2. The fourth-order valence-corrected chi connectivity index (χ4v) is 1.32. The average Bonchev–Trinajstić information content (AvgIpc) is 2.16. The lowest BCUT2D eigenvalue weighted by Gasteiger charge is -2.13. The molecule has 1 rings (SSSR count). The number of carbonyl (C=O) groups excluding carboxylic acids is 1. The molecule has 0 aliphatic rings. The number of pyridine rings is 1. The van der Waals surface area contributed by atoms with E-state index in [0.717, 1.165) is 0 Å². The van der Waals surface area contributed by atoms with E-state index in [1.807, 2.05) is 0 Å². The Labute approximate surface area is 95.9 Å². The van der Waals surface area contributed by atoms with Crippen LogP contribution >= 0.6 is 15.9 Å². The molecule has 0 aromatic carbocycles. The fourth-order valence-electron chi connectivity index (χ4n) is 0.991. The topological polar surface area (TPSA) is 83.3 Å². The second kappa shape index (κ2) is 5.06. The summed E-state index contributed by atoms with van der Waals surface area (Å²) in [4.78, 5) is 15.6. The molecule has 0 fully saturated rings. The third-order valence-corrected chi connectivity index (χ3v) is 1.99. The van der Waals surface area contributed by atoms with Gasteiger partial charge in [0.2, 0.25) is 0 Å². The first kappa shape index (κ1) is 11.9. The summed E-state index contributed by atoms with van der Waals surface area (Å²) in [6.07, 6.45) is 1.56. The number of anilines is 1. The molecule has 82 valence electrons. The molecule has 1 amide bonds. The van der Waals surface area contributed by atoms with E-state index in [2.05, 4.69) is 31.8 Å². The van der Waals surface area contributed by atoms with Gasteiger partial charge in [-0.3, -0.25) is 10.2 Å². The SMILES string of the molecule is CN(C)NC(=O)c1cc(Br)cnc1NN. The van der Waals surface area contributed by atoms with Crippen LogP contribution in [0.5, 0.6) is 0 Å². The molecular formula is C8H12BrN5O. The maximum Gasteiger partial charge on any atom is 0.269 e. The Morgan fingerprint density at radius 1 is 1.60 bits per heavy atom. The summed E-state index contributed by atoms with van der Waals surface area (Å²) < 4.78 is 0.713. The first-order chi connectivity index (χ1) is 7.04. The molecule has 0 atom stereocenters. The number of nitrogen functional groups attached to an aromatic ring is 1. The Bertz CT molecular complexity index is 368. The van der Waals surface area contributed by atoms with Gasteiger partial charge in [-0.1, -0.05) is 0 Å². The lowest BCUT2D eigenvalue weighted by Crippen LogP contribution is -2.36. The van der Waals surface area contributed by atoms with Crippen LogP contribution in [0.3, 0.4) is 0 Å². The van der Waals surface area contributed by atoms with Gasteiger partial charge in [0.1, 0.15) is 0 Å². The summed E-state index contributed by atoms with van der Waals surface area (Å²) in [7, 11) is 3.44. The number of amides is 1. The van der Waals surface area contributed by atoms with Gasteiger partial charge in [-0.15, -0.1) is 0 Å². The number of rotatable bonds is 3. The third-order valence-electron chi connectivity index (χ3n) is 1.56. The molecule has 1 aromatic rings. The van der Waals surface area contributed by atoms with E-state index in [1.165, 1.54) is 0 Å². The number of nitrogens with zero attached hydrogens (tertiary/aromatic N) is 2.